The second-order valence-electron chi connectivity index (χ2n) is 9.98. The van der Waals surface area contributed by atoms with Crippen LogP contribution in [0.4, 0.5) is 0 Å². The van der Waals surface area contributed by atoms with Gasteiger partial charge in [-0.3, -0.25) is 0 Å². The minimum Gasteiger partial charge on any atom is -0.423 e. The monoisotopic (exact) mass is 562 g/mol. The number of benzene rings is 2. The number of hydrogen-bond donors (Lipinski definition) is 2. The van der Waals surface area contributed by atoms with Gasteiger partial charge in [0.15, 0.2) is 0 Å². The van der Waals surface area contributed by atoms with Gasteiger partial charge in [0, 0.05) is 22.8 Å². The Morgan fingerprint density at radius 1 is 0.667 bits per heavy atom. The minimum atomic E-state index is -1.33. The Morgan fingerprint density at radius 3 is 1.28 bits per heavy atom. The van der Waals surface area contributed by atoms with E-state index >= 15 is 0 Å². The van der Waals surface area contributed by atoms with Gasteiger partial charge in [-0.1, -0.05) is 59.8 Å². The zero-order chi connectivity index (χ0) is 26.0. The summed E-state index contributed by atoms with van der Waals surface area (Å²) < 4.78 is 17.5. The topological polar surface area (TPSA) is 68.2 Å². The number of rotatable bonds is 9. The fourth-order valence-corrected chi connectivity index (χ4v) is 3.54. The minimum absolute atomic E-state index is 0. The predicted octanol–water partition coefficient (Wildman–Crippen LogP) is 6.45. The Morgan fingerprint density at radius 2 is 1.00 bits per heavy atom. The third-order valence-corrected chi connectivity index (χ3v) is 5.88. The first kappa shape index (κ1) is 32.9. The molecule has 2 saturated carbocycles. The van der Waals surface area contributed by atoms with Crippen LogP contribution >= 0.6 is 15.9 Å². The average molecular weight is 563 g/mol. The summed E-state index contributed by atoms with van der Waals surface area (Å²) in [5.74, 6) is 1.61. The molecule has 36 heavy (non-hydrogen) atoms. The first-order valence-electron chi connectivity index (χ1n) is 12.7. The van der Waals surface area contributed by atoms with Crippen molar-refractivity contribution in [2.45, 2.75) is 105 Å². The van der Waals surface area contributed by atoms with Gasteiger partial charge in [0.05, 0.1) is 0 Å². The maximum absolute atomic E-state index is 8.82. The molecular formula is C28H45B2BrO5. The summed E-state index contributed by atoms with van der Waals surface area (Å²) in [6.07, 6.45) is 5.68. The van der Waals surface area contributed by atoms with Gasteiger partial charge in [-0.05, 0) is 108 Å². The van der Waals surface area contributed by atoms with Crippen molar-refractivity contribution in [1.29, 1.82) is 0 Å². The van der Waals surface area contributed by atoms with E-state index in [4.69, 9.17) is 24.0 Å². The Kier molecular flexibility index (Phi) is 15.2. The summed E-state index contributed by atoms with van der Waals surface area (Å²) >= 11 is 3.41. The van der Waals surface area contributed by atoms with Crippen molar-refractivity contribution in [2.75, 3.05) is 0 Å². The Labute approximate surface area is 228 Å². The van der Waals surface area contributed by atoms with Gasteiger partial charge in [0.1, 0.15) is 0 Å². The van der Waals surface area contributed by atoms with Crippen molar-refractivity contribution in [3.63, 3.8) is 0 Å². The first-order chi connectivity index (χ1) is 16.5. The van der Waals surface area contributed by atoms with Gasteiger partial charge in [0.25, 0.3) is 0 Å². The van der Waals surface area contributed by atoms with Crippen molar-refractivity contribution >= 4 is 35.8 Å². The van der Waals surface area contributed by atoms with Gasteiger partial charge in [0.2, 0.25) is 0 Å². The molecule has 0 saturated heterocycles. The Bertz CT molecular complexity index is 791. The third-order valence-electron chi connectivity index (χ3n) is 5.35. The fraction of sp³-hybridized carbons (Fsp3) is 0.571. The van der Waals surface area contributed by atoms with Gasteiger partial charge in [-0.25, -0.2) is 0 Å². The SMILES string of the molecule is Brc1ccc(C2CC2)cc1.C.CC(C)OB(OC(C)C)OC(C)C.OB(O)c1ccc(C2CC2)cc1. The van der Waals surface area contributed by atoms with Crippen molar-refractivity contribution in [3.8, 4) is 0 Å². The van der Waals surface area contributed by atoms with Crippen molar-refractivity contribution < 1.29 is 24.0 Å². The predicted molar refractivity (Wildman–Crippen MR) is 156 cm³/mol. The molecular weight excluding hydrogens is 518 g/mol. The van der Waals surface area contributed by atoms with E-state index in [2.05, 4.69) is 40.2 Å². The lowest BCUT2D eigenvalue weighted by Crippen LogP contribution is -2.34. The van der Waals surface area contributed by atoms with Crippen LogP contribution in [-0.4, -0.2) is 42.8 Å². The molecule has 5 nitrogen and oxygen atoms in total. The van der Waals surface area contributed by atoms with E-state index in [1.54, 1.807) is 12.1 Å². The highest BCUT2D eigenvalue weighted by Crippen LogP contribution is 2.40. The second-order valence-corrected chi connectivity index (χ2v) is 10.9. The maximum Gasteiger partial charge on any atom is 0.639 e. The molecule has 0 heterocycles. The lowest BCUT2D eigenvalue weighted by molar-refractivity contribution is 0.0335. The molecule has 0 atom stereocenters. The molecule has 0 unspecified atom stereocenters. The highest BCUT2D eigenvalue weighted by Gasteiger charge is 2.26. The van der Waals surface area contributed by atoms with Crippen LogP contribution in [0.25, 0.3) is 0 Å². The van der Waals surface area contributed by atoms with Crippen LogP contribution in [0.15, 0.2) is 53.0 Å². The molecule has 4 rings (SSSR count). The summed E-state index contributed by atoms with van der Waals surface area (Å²) in [6.45, 7) is 11.8. The molecule has 2 aromatic rings. The molecule has 0 aromatic heterocycles. The molecule has 0 aliphatic heterocycles. The van der Waals surface area contributed by atoms with Gasteiger partial charge >= 0.3 is 14.4 Å². The molecule has 2 aromatic carbocycles. The summed E-state index contributed by atoms with van der Waals surface area (Å²) in [4.78, 5) is 0. The largest absolute Gasteiger partial charge is 0.639 e. The van der Waals surface area contributed by atoms with E-state index < -0.39 is 14.4 Å². The second kappa shape index (κ2) is 16.6. The maximum atomic E-state index is 8.82. The van der Waals surface area contributed by atoms with Crippen molar-refractivity contribution in [1.82, 2.24) is 0 Å². The molecule has 2 aliphatic carbocycles. The number of halogens is 1. The summed E-state index contributed by atoms with van der Waals surface area (Å²) in [5, 5.41) is 17.6. The van der Waals surface area contributed by atoms with Crippen LogP contribution in [0.2, 0.25) is 0 Å². The van der Waals surface area contributed by atoms with Crippen LogP contribution in [-0.2, 0) is 14.0 Å². The fourth-order valence-electron chi connectivity index (χ4n) is 3.27. The van der Waals surface area contributed by atoms with Crippen LogP contribution in [0.1, 0.15) is 97.6 Å². The molecule has 2 N–H and O–H groups in total. The molecule has 0 spiro atoms. The standard InChI is InChI=1S/C9H21BO3.C9H11BO2.C9H9Br.CH4/c1-7(2)11-10(12-8(3)4)13-9(5)6;11-10(12)9-5-3-8(4-6-9)7-1-2-7;10-9-5-3-8(4-6-9)7-1-2-7;/h7-9H,1-6H3;3-7,11-12H,1-2H2;3-7H,1-2H2;1H4. The highest BCUT2D eigenvalue weighted by atomic mass is 79.9. The summed E-state index contributed by atoms with van der Waals surface area (Å²) in [6, 6.07) is 16.2. The summed E-state index contributed by atoms with van der Waals surface area (Å²) in [5.41, 5.74) is 3.39. The molecule has 0 bridgehead atoms. The van der Waals surface area contributed by atoms with Crippen LogP contribution in [0.3, 0.4) is 0 Å². The third kappa shape index (κ3) is 14.0. The zero-order valence-electron chi connectivity index (χ0n) is 22.0. The molecule has 2 fully saturated rings. The average Bonchev–Trinajstić information content (AvgIpc) is 3.68. The Balaban J connectivity index is 0.000000268. The van der Waals surface area contributed by atoms with Crippen LogP contribution in [0, 0.1) is 0 Å². The highest BCUT2D eigenvalue weighted by molar-refractivity contribution is 9.10. The van der Waals surface area contributed by atoms with Gasteiger partial charge in [-0.15, -0.1) is 0 Å². The Hall–Kier alpha value is -1.15. The molecule has 0 radical (unpaired) electrons. The zero-order valence-corrected chi connectivity index (χ0v) is 23.6. The number of hydrogen-bond acceptors (Lipinski definition) is 5. The lowest BCUT2D eigenvalue weighted by Gasteiger charge is -2.20. The van der Waals surface area contributed by atoms with E-state index in [0.29, 0.717) is 5.46 Å². The molecule has 200 valence electrons. The summed E-state index contributed by atoms with van der Waals surface area (Å²) in [7, 11) is -1.88. The normalized spacial score (nSPS) is 14.4. The van der Waals surface area contributed by atoms with E-state index in [1.807, 2.05) is 53.7 Å². The van der Waals surface area contributed by atoms with Crippen molar-refractivity contribution in [3.05, 3.63) is 64.1 Å². The lowest BCUT2D eigenvalue weighted by atomic mass is 9.80. The quantitative estimate of drug-likeness (QED) is 0.344. The van der Waals surface area contributed by atoms with Crippen LogP contribution < -0.4 is 5.46 Å². The molecule has 8 heteroatoms. The molecule has 0 amide bonds. The van der Waals surface area contributed by atoms with E-state index in [9.17, 15) is 0 Å². The van der Waals surface area contributed by atoms with Gasteiger partial charge < -0.3 is 24.0 Å². The van der Waals surface area contributed by atoms with Crippen molar-refractivity contribution in [2.24, 2.45) is 0 Å². The van der Waals surface area contributed by atoms with E-state index in [1.165, 1.54) is 41.3 Å². The first-order valence-corrected chi connectivity index (χ1v) is 13.5. The van der Waals surface area contributed by atoms with E-state index in [0.717, 1.165) is 11.8 Å². The molecule has 2 aliphatic rings. The van der Waals surface area contributed by atoms with E-state index in [-0.39, 0.29) is 25.7 Å². The van der Waals surface area contributed by atoms with Gasteiger partial charge in [-0.2, -0.15) is 0 Å². The smallest absolute Gasteiger partial charge is 0.423 e. The van der Waals surface area contributed by atoms with Crippen LogP contribution in [0.5, 0.6) is 0 Å².